The number of hydrogen-bond donors (Lipinski definition) is 0. The van der Waals surface area contributed by atoms with Crippen LogP contribution in [0.2, 0.25) is 0 Å². The summed E-state index contributed by atoms with van der Waals surface area (Å²) < 4.78 is 8.11. The molecule has 0 bridgehead atoms. The second-order valence-electron chi connectivity index (χ2n) is 5.99. The maximum absolute atomic E-state index is 4.64. The molecule has 0 N–H and O–H groups in total. The van der Waals surface area contributed by atoms with Crippen molar-refractivity contribution < 1.29 is 45.8 Å². The van der Waals surface area contributed by atoms with E-state index in [9.17, 15) is 0 Å². The third kappa shape index (κ3) is 6.42. The third-order valence-electron chi connectivity index (χ3n) is 4.30. The van der Waals surface area contributed by atoms with Gasteiger partial charge in [0.25, 0.3) is 0 Å². The summed E-state index contributed by atoms with van der Waals surface area (Å²) in [6.07, 6.45) is 20.2. The van der Waals surface area contributed by atoms with Gasteiger partial charge >= 0.3 is 133 Å². The molecule has 0 amide bonds. The van der Waals surface area contributed by atoms with Gasteiger partial charge in [0.15, 0.2) is 0 Å². The van der Waals surface area contributed by atoms with Gasteiger partial charge in [0.05, 0.1) is 0 Å². The molecule has 0 heterocycles. The zero-order chi connectivity index (χ0) is 14.4. The van der Waals surface area contributed by atoms with Gasteiger partial charge in [0.1, 0.15) is 0 Å². The van der Waals surface area contributed by atoms with Crippen molar-refractivity contribution in [1.29, 1.82) is 0 Å². The summed E-state index contributed by atoms with van der Waals surface area (Å²) in [7, 11) is 0. The molecule has 3 heteroatoms. The minimum atomic E-state index is -1.87. The van der Waals surface area contributed by atoms with Crippen molar-refractivity contribution >= 4 is 4.26 Å². The molecular formula is C19H28Cl2Hf. The minimum absolute atomic E-state index is 0. The van der Waals surface area contributed by atoms with Gasteiger partial charge < -0.3 is 24.8 Å². The van der Waals surface area contributed by atoms with Crippen LogP contribution in [0.25, 0.3) is 0 Å². The van der Waals surface area contributed by atoms with Crippen LogP contribution in [0.15, 0.2) is 42.1 Å². The summed E-state index contributed by atoms with van der Waals surface area (Å²) in [5.74, 6) is 0. The molecule has 2 aliphatic rings. The van der Waals surface area contributed by atoms with Crippen molar-refractivity contribution in [2.45, 2.75) is 65.2 Å². The van der Waals surface area contributed by atoms with Crippen LogP contribution in [0.5, 0.6) is 0 Å². The van der Waals surface area contributed by atoms with Crippen LogP contribution in [-0.4, -0.2) is 4.26 Å². The van der Waals surface area contributed by atoms with Crippen molar-refractivity contribution in [2.24, 2.45) is 0 Å². The molecule has 22 heavy (non-hydrogen) atoms. The number of unbranched alkanes of at least 4 members (excludes halogenated alkanes) is 2. The van der Waals surface area contributed by atoms with E-state index in [0.29, 0.717) is 0 Å². The Morgan fingerprint density at radius 1 is 0.864 bits per heavy atom. The van der Waals surface area contributed by atoms with Gasteiger partial charge in [-0.25, -0.2) is 0 Å². The number of rotatable bonds is 8. The molecule has 2 rings (SSSR count). The Morgan fingerprint density at radius 3 is 1.64 bits per heavy atom. The van der Waals surface area contributed by atoms with E-state index in [1.54, 1.807) is 17.8 Å². The molecule has 0 radical (unpaired) electrons. The zero-order valence-electron chi connectivity index (χ0n) is 13.9. The van der Waals surface area contributed by atoms with Gasteiger partial charge in [-0.1, -0.05) is 0 Å². The van der Waals surface area contributed by atoms with Crippen LogP contribution in [-0.2, 0) is 21.0 Å². The van der Waals surface area contributed by atoms with Crippen LogP contribution < -0.4 is 24.8 Å². The quantitative estimate of drug-likeness (QED) is 0.403. The molecule has 0 aromatic carbocycles. The SMILES string of the molecule is [CH2]=[Hf+2]([C]1=CC(CCCC)=CC1)[C]1=CC(CCCC)=CC1.[Cl-].[Cl-]. The first kappa shape index (κ1) is 22.3. The van der Waals surface area contributed by atoms with Crippen LogP contribution in [0.4, 0.5) is 0 Å². The Kier molecular flexibility index (Phi) is 11.9. The molecule has 0 atom stereocenters. The number of allylic oxidation sites excluding steroid dienone is 8. The molecule has 0 aromatic heterocycles. The van der Waals surface area contributed by atoms with Crippen molar-refractivity contribution in [1.82, 2.24) is 0 Å². The predicted molar refractivity (Wildman–Crippen MR) is 87.7 cm³/mol. The Morgan fingerprint density at radius 2 is 1.27 bits per heavy atom. The normalized spacial score (nSPS) is 15.7. The predicted octanol–water partition coefficient (Wildman–Crippen LogP) is -0.147. The monoisotopic (exact) mass is 506 g/mol. The van der Waals surface area contributed by atoms with Crippen molar-refractivity contribution in [2.75, 3.05) is 0 Å². The van der Waals surface area contributed by atoms with Crippen LogP contribution >= 0.6 is 0 Å². The van der Waals surface area contributed by atoms with Gasteiger partial charge in [-0.15, -0.1) is 0 Å². The van der Waals surface area contributed by atoms with E-state index in [0.717, 1.165) is 0 Å². The molecule has 0 fully saturated rings. The Bertz CT molecular complexity index is 452. The van der Waals surface area contributed by atoms with Gasteiger partial charge in [-0.2, -0.15) is 0 Å². The molecule has 2 aliphatic carbocycles. The van der Waals surface area contributed by atoms with Crippen molar-refractivity contribution in [3.05, 3.63) is 42.1 Å². The zero-order valence-corrected chi connectivity index (χ0v) is 19.0. The van der Waals surface area contributed by atoms with Crippen molar-refractivity contribution in [3.8, 4) is 0 Å². The third-order valence-corrected chi connectivity index (χ3v) is 12.4. The van der Waals surface area contributed by atoms with Gasteiger partial charge in [0.2, 0.25) is 0 Å². The van der Waals surface area contributed by atoms with E-state index in [-0.39, 0.29) is 24.8 Å². The van der Waals surface area contributed by atoms with Gasteiger partial charge in [-0.3, -0.25) is 0 Å². The second-order valence-corrected chi connectivity index (χ2v) is 14.0. The summed E-state index contributed by atoms with van der Waals surface area (Å²) in [6.45, 7) is 4.55. The minimum Gasteiger partial charge on any atom is -1.00 e. The molecule has 0 nitrogen and oxygen atoms in total. The summed E-state index contributed by atoms with van der Waals surface area (Å²) in [5.41, 5.74) is 3.18. The topological polar surface area (TPSA) is 0 Å². The molecule has 0 saturated heterocycles. The fourth-order valence-corrected chi connectivity index (χ4v) is 9.47. The summed E-state index contributed by atoms with van der Waals surface area (Å²) in [4.78, 5) is 0. The summed E-state index contributed by atoms with van der Waals surface area (Å²) in [5, 5.41) is 0. The Labute approximate surface area is 156 Å². The molecular weight excluding hydrogens is 478 g/mol. The van der Waals surface area contributed by atoms with E-state index >= 15 is 0 Å². The maximum Gasteiger partial charge on any atom is -1.00 e. The van der Waals surface area contributed by atoms with E-state index in [1.807, 2.05) is 0 Å². The first-order chi connectivity index (χ1) is 9.74. The van der Waals surface area contributed by atoms with E-state index < -0.39 is 21.0 Å². The molecule has 0 aliphatic heterocycles. The standard InChI is InChI=1S/2C9H13.CH2.2ClH.Hf/c2*1-2-3-6-9-7-4-5-8-9;;;;/h2*7-8H,2-4,6H2,1H3;1H2;2*1H;/q;;;;;+2/p-2. The fourth-order valence-electron chi connectivity index (χ4n) is 2.90. The van der Waals surface area contributed by atoms with E-state index in [1.165, 1.54) is 51.4 Å². The van der Waals surface area contributed by atoms with Crippen LogP contribution in [0, 0.1) is 0 Å². The second kappa shape index (κ2) is 11.8. The van der Waals surface area contributed by atoms with Crippen LogP contribution in [0.3, 0.4) is 0 Å². The average Bonchev–Trinajstić information content (AvgIpc) is 3.11. The van der Waals surface area contributed by atoms with Gasteiger partial charge in [-0.05, 0) is 0 Å². The van der Waals surface area contributed by atoms with Crippen molar-refractivity contribution in [3.63, 3.8) is 0 Å². The molecule has 0 unspecified atom stereocenters. The molecule has 122 valence electrons. The smallest absolute Gasteiger partial charge is 1.00 e. The van der Waals surface area contributed by atoms with Crippen LogP contribution in [0.1, 0.15) is 65.2 Å². The molecule has 0 aromatic rings. The van der Waals surface area contributed by atoms with E-state index in [2.05, 4.69) is 42.4 Å². The molecule has 0 spiro atoms. The first-order valence-corrected chi connectivity index (χ1v) is 14.4. The fraction of sp³-hybridized carbons (Fsp3) is 0.526. The Hall–Kier alpha value is 0.280. The summed E-state index contributed by atoms with van der Waals surface area (Å²) in [6, 6.07) is 0. The van der Waals surface area contributed by atoms with E-state index in [4.69, 9.17) is 0 Å². The number of hydrogen-bond acceptors (Lipinski definition) is 0. The van der Waals surface area contributed by atoms with Gasteiger partial charge in [0, 0.05) is 0 Å². The largest absolute Gasteiger partial charge is 1.00 e. The maximum atomic E-state index is 4.64. The molecule has 0 saturated carbocycles. The Balaban J connectivity index is 0.00000220. The average molecular weight is 506 g/mol. The first-order valence-electron chi connectivity index (χ1n) is 8.23. The number of halogens is 2. The summed E-state index contributed by atoms with van der Waals surface area (Å²) >= 11 is -1.87.